The predicted molar refractivity (Wildman–Crippen MR) is 97.9 cm³/mol. The van der Waals surface area contributed by atoms with Crippen molar-refractivity contribution >= 4 is 11.6 Å². The summed E-state index contributed by atoms with van der Waals surface area (Å²) in [6.45, 7) is 4.58. The minimum absolute atomic E-state index is 0.00779. The number of carbonyl (C=O) groups excluding carboxylic acids is 1. The van der Waals surface area contributed by atoms with E-state index in [-0.39, 0.29) is 11.8 Å². The van der Waals surface area contributed by atoms with E-state index in [0.29, 0.717) is 5.69 Å². The molecule has 0 saturated carbocycles. The third-order valence-corrected chi connectivity index (χ3v) is 5.07. The average Bonchev–Trinajstić information content (AvgIpc) is 2.90. The number of hydrogen-bond acceptors (Lipinski definition) is 3. The second-order valence-electron chi connectivity index (χ2n) is 6.74. The number of nitrogens with zero attached hydrogens (tertiary/aromatic N) is 3. The van der Waals surface area contributed by atoms with Crippen LogP contribution in [-0.4, -0.2) is 28.5 Å². The van der Waals surface area contributed by atoms with Crippen LogP contribution < -0.4 is 5.32 Å². The van der Waals surface area contributed by atoms with Gasteiger partial charge in [-0.1, -0.05) is 18.2 Å². The van der Waals surface area contributed by atoms with Gasteiger partial charge in [0.15, 0.2) is 0 Å². The Morgan fingerprint density at radius 1 is 1.36 bits per heavy atom. The van der Waals surface area contributed by atoms with Crippen LogP contribution in [0, 0.1) is 24.2 Å². The Morgan fingerprint density at radius 2 is 2.12 bits per heavy atom. The molecule has 0 aliphatic carbocycles. The molecule has 0 spiro atoms. The van der Waals surface area contributed by atoms with Crippen LogP contribution in [-0.2, 0) is 18.4 Å². The minimum Gasteiger partial charge on any atom is -0.340 e. The number of likely N-dealkylation sites (tertiary alicyclic amines) is 1. The van der Waals surface area contributed by atoms with Gasteiger partial charge in [0.05, 0.1) is 5.92 Å². The first-order chi connectivity index (χ1) is 12.1. The Hall–Kier alpha value is -2.58. The number of carbonyl (C=O) groups is 1. The molecule has 1 atom stereocenters. The molecule has 1 amide bonds. The number of piperidine rings is 1. The van der Waals surface area contributed by atoms with Gasteiger partial charge in [0, 0.05) is 31.5 Å². The molecule has 5 nitrogen and oxygen atoms in total. The monoisotopic (exact) mass is 336 g/mol. The summed E-state index contributed by atoms with van der Waals surface area (Å²) in [6, 6.07) is 13.8. The lowest BCUT2D eigenvalue weighted by atomic mass is 9.96. The Morgan fingerprint density at radius 3 is 2.80 bits per heavy atom. The average molecular weight is 336 g/mol. The standard InChI is InChI=1S/C20H24N4O/c1-15-17(11-19(12-21)23(15)2)14-24-10-6-7-16(13-24)20(25)22-18-8-4-3-5-9-18/h3-5,8-9,11,16H,6-7,10,13-14H2,1-2H3,(H,22,25). The maximum atomic E-state index is 12.6. The van der Waals surface area contributed by atoms with E-state index in [2.05, 4.69) is 16.3 Å². The quantitative estimate of drug-likeness (QED) is 0.933. The summed E-state index contributed by atoms with van der Waals surface area (Å²) in [6.07, 6.45) is 1.94. The van der Waals surface area contributed by atoms with Crippen LogP contribution in [0.3, 0.4) is 0 Å². The number of nitriles is 1. The molecule has 130 valence electrons. The predicted octanol–water partition coefficient (Wildman–Crippen LogP) is 3.06. The molecule has 1 saturated heterocycles. The topological polar surface area (TPSA) is 61.1 Å². The van der Waals surface area contributed by atoms with Gasteiger partial charge in [-0.3, -0.25) is 9.69 Å². The van der Waals surface area contributed by atoms with E-state index in [1.54, 1.807) is 0 Å². The van der Waals surface area contributed by atoms with Gasteiger partial charge in [-0.25, -0.2) is 0 Å². The van der Waals surface area contributed by atoms with Crippen LogP contribution in [0.15, 0.2) is 36.4 Å². The second-order valence-corrected chi connectivity index (χ2v) is 6.74. The maximum absolute atomic E-state index is 12.6. The zero-order chi connectivity index (χ0) is 17.8. The first-order valence-electron chi connectivity index (χ1n) is 8.72. The summed E-state index contributed by atoms with van der Waals surface area (Å²) in [5, 5.41) is 12.2. The molecule has 0 bridgehead atoms. The van der Waals surface area contributed by atoms with Gasteiger partial charge >= 0.3 is 0 Å². The van der Waals surface area contributed by atoms with Crippen LogP contribution in [0.5, 0.6) is 0 Å². The van der Waals surface area contributed by atoms with Gasteiger partial charge in [-0.2, -0.15) is 5.26 Å². The molecule has 3 rings (SSSR count). The van der Waals surface area contributed by atoms with E-state index in [4.69, 9.17) is 0 Å². The lowest BCUT2D eigenvalue weighted by Gasteiger charge is -2.32. The molecule has 1 aromatic carbocycles. The summed E-state index contributed by atoms with van der Waals surface area (Å²) in [5.74, 6) is 0.104. The highest BCUT2D eigenvalue weighted by molar-refractivity contribution is 5.92. The van der Waals surface area contributed by atoms with Crippen molar-refractivity contribution in [3.05, 3.63) is 53.3 Å². The highest BCUT2D eigenvalue weighted by Gasteiger charge is 2.26. The van der Waals surface area contributed by atoms with E-state index in [9.17, 15) is 10.1 Å². The number of amides is 1. The van der Waals surface area contributed by atoms with Gasteiger partial charge < -0.3 is 9.88 Å². The zero-order valence-electron chi connectivity index (χ0n) is 14.8. The van der Waals surface area contributed by atoms with Crippen molar-refractivity contribution in [3.63, 3.8) is 0 Å². The first-order valence-corrected chi connectivity index (χ1v) is 8.72. The SMILES string of the molecule is Cc1c(CN2CCCC(C(=O)Nc3ccccc3)C2)cc(C#N)n1C. The number of benzene rings is 1. The summed E-state index contributed by atoms with van der Waals surface area (Å²) >= 11 is 0. The molecule has 1 aromatic heterocycles. The minimum atomic E-state index is 0.00779. The Kier molecular flexibility index (Phi) is 5.20. The number of anilines is 1. The van der Waals surface area contributed by atoms with Crippen molar-refractivity contribution in [2.45, 2.75) is 26.3 Å². The molecule has 25 heavy (non-hydrogen) atoms. The van der Waals surface area contributed by atoms with Crippen molar-refractivity contribution in [3.8, 4) is 6.07 Å². The summed E-state index contributed by atoms with van der Waals surface area (Å²) in [5.41, 5.74) is 3.82. The van der Waals surface area contributed by atoms with E-state index in [1.165, 1.54) is 5.56 Å². The summed E-state index contributed by atoms with van der Waals surface area (Å²) in [4.78, 5) is 14.9. The molecule has 1 unspecified atom stereocenters. The fraction of sp³-hybridized carbons (Fsp3) is 0.400. The molecule has 1 fully saturated rings. The Labute approximate surface area is 148 Å². The highest BCUT2D eigenvalue weighted by Crippen LogP contribution is 2.22. The number of rotatable bonds is 4. The normalized spacial score (nSPS) is 17.9. The van der Waals surface area contributed by atoms with Gasteiger partial charge in [0.1, 0.15) is 11.8 Å². The number of aromatic nitrogens is 1. The van der Waals surface area contributed by atoms with E-state index in [1.807, 2.05) is 54.9 Å². The molecule has 2 heterocycles. The molecular weight excluding hydrogens is 312 g/mol. The second kappa shape index (κ2) is 7.54. The van der Waals surface area contributed by atoms with Crippen molar-refractivity contribution < 1.29 is 4.79 Å². The number of hydrogen-bond donors (Lipinski definition) is 1. The van der Waals surface area contributed by atoms with Crippen LogP contribution in [0.2, 0.25) is 0 Å². The maximum Gasteiger partial charge on any atom is 0.228 e. The van der Waals surface area contributed by atoms with Crippen molar-refractivity contribution in [1.29, 1.82) is 5.26 Å². The van der Waals surface area contributed by atoms with E-state index in [0.717, 1.165) is 43.9 Å². The Balaban J connectivity index is 1.63. The molecule has 1 aliphatic rings. The fourth-order valence-electron chi connectivity index (χ4n) is 3.45. The molecule has 1 N–H and O–H groups in total. The summed E-state index contributed by atoms with van der Waals surface area (Å²) < 4.78 is 1.93. The molecule has 5 heteroatoms. The van der Waals surface area contributed by atoms with Crippen LogP contribution in [0.25, 0.3) is 0 Å². The van der Waals surface area contributed by atoms with Gasteiger partial charge in [-0.15, -0.1) is 0 Å². The molecule has 2 aromatic rings. The van der Waals surface area contributed by atoms with Crippen molar-refractivity contribution in [2.24, 2.45) is 13.0 Å². The third kappa shape index (κ3) is 3.92. The Bertz CT molecular complexity index is 788. The number of para-hydroxylation sites is 1. The number of nitrogens with one attached hydrogen (secondary N) is 1. The van der Waals surface area contributed by atoms with Crippen LogP contribution in [0.4, 0.5) is 5.69 Å². The largest absolute Gasteiger partial charge is 0.340 e. The van der Waals surface area contributed by atoms with Crippen molar-refractivity contribution in [2.75, 3.05) is 18.4 Å². The van der Waals surface area contributed by atoms with Gasteiger partial charge in [0.2, 0.25) is 5.91 Å². The van der Waals surface area contributed by atoms with Gasteiger partial charge in [-0.05, 0) is 50.1 Å². The van der Waals surface area contributed by atoms with E-state index >= 15 is 0 Å². The molecule has 0 radical (unpaired) electrons. The lowest BCUT2D eigenvalue weighted by molar-refractivity contribution is -0.121. The lowest BCUT2D eigenvalue weighted by Crippen LogP contribution is -2.40. The molecular formula is C20H24N4O. The van der Waals surface area contributed by atoms with Crippen LogP contribution in [0.1, 0.15) is 29.8 Å². The zero-order valence-corrected chi connectivity index (χ0v) is 14.8. The highest BCUT2D eigenvalue weighted by atomic mass is 16.1. The third-order valence-electron chi connectivity index (χ3n) is 5.07. The van der Waals surface area contributed by atoms with Crippen molar-refractivity contribution in [1.82, 2.24) is 9.47 Å². The first kappa shape index (κ1) is 17.2. The molecule has 1 aliphatic heterocycles. The fourth-order valence-corrected chi connectivity index (χ4v) is 3.45. The smallest absolute Gasteiger partial charge is 0.228 e. The summed E-state index contributed by atoms with van der Waals surface area (Å²) in [7, 11) is 1.92. The van der Waals surface area contributed by atoms with Gasteiger partial charge in [0.25, 0.3) is 0 Å². The van der Waals surface area contributed by atoms with Crippen LogP contribution >= 0.6 is 0 Å². The van der Waals surface area contributed by atoms with E-state index < -0.39 is 0 Å².